The minimum atomic E-state index is -1.36. The fourth-order valence-corrected chi connectivity index (χ4v) is 3.16. The van der Waals surface area contributed by atoms with E-state index in [0.29, 0.717) is 4.88 Å². The second kappa shape index (κ2) is 6.50. The highest BCUT2D eigenvalue weighted by molar-refractivity contribution is 7.17. The smallest absolute Gasteiger partial charge is 0.245 e. The molecule has 112 valence electrons. The molecule has 1 aromatic carbocycles. The highest BCUT2D eigenvalue weighted by Crippen LogP contribution is 2.33. The molecule has 0 radical (unpaired) electrons. The molecule has 0 bridgehead atoms. The average Bonchev–Trinajstić information content (AvgIpc) is 2.90. The summed E-state index contributed by atoms with van der Waals surface area (Å²) in [5, 5.41) is 11.3. The summed E-state index contributed by atoms with van der Waals surface area (Å²) in [6.07, 6.45) is 0. The number of amides is 1. The molecule has 0 aliphatic rings. The average molecular weight is 316 g/mol. The predicted molar refractivity (Wildman–Crippen MR) is 82.0 cm³/mol. The second-order valence-corrected chi connectivity index (χ2v) is 5.72. The van der Waals surface area contributed by atoms with E-state index in [0.717, 1.165) is 16.0 Å². The maximum atomic E-state index is 13.0. The molecule has 22 heavy (non-hydrogen) atoms. The van der Waals surface area contributed by atoms with Crippen LogP contribution in [0.1, 0.15) is 15.2 Å². The van der Waals surface area contributed by atoms with E-state index in [9.17, 15) is 14.0 Å². The molecule has 0 saturated carbocycles. The first-order chi connectivity index (χ1) is 10.5. The third-order valence-electron chi connectivity index (χ3n) is 3.17. The highest BCUT2D eigenvalue weighted by atomic mass is 32.1. The van der Waals surface area contributed by atoms with Crippen LogP contribution in [0.15, 0.2) is 30.3 Å². The summed E-state index contributed by atoms with van der Waals surface area (Å²) in [4.78, 5) is 25.0. The molecule has 4 nitrogen and oxygen atoms in total. The number of carbonyl (C=O) groups excluding carboxylic acids is 2. The number of ketones is 1. The molecular weight excluding hydrogens is 303 g/mol. The van der Waals surface area contributed by atoms with Gasteiger partial charge in [-0.05, 0) is 36.2 Å². The van der Waals surface area contributed by atoms with E-state index in [1.807, 2.05) is 6.92 Å². The molecule has 2 aromatic rings. The van der Waals surface area contributed by atoms with E-state index in [1.165, 1.54) is 30.5 Å². The number of carbonyl (C=O) groups is 2. The zero-order chi connectivity index (χ0) is 16.3. The first-order valence-electron chi connectivity index (χ1n) is 6.49. The van der Waals surface area contributed by atoms with Gasteiger partial charge < -0.3 is 5.32 Å². The van der Waals surface area contributed by atoms with Gasteiger partial charge in [0, 0.05) is 11.9 Å². The number of hydrogen-bond acceptors (Lipinski definition) is 4. The minimum absolute atomic E-state index is 0.335. The molecular formula is C16H13FN2O2S. The topological polar surface area (TPSA) is 70.0 Å². The fourth-order valence-electron chi connectivity index (χ4n) is 2.01. The SMILES string of the molecule is CNC(=O)C(C#N)C(=O)c1cc(C)c(-c2ccc(F)cc2)s1. The number of nitriles is 1. The van der Waals surface area contributed by atoms with E-state index in [2.05, 4.69) is 5.32 Å². The van der Waals surface area contributed by atoms with Crippen LogP contribution in [0.3, 0.4) is 0 Å². The van der Waals surface area contributed by atoms with Gasteiger partial charge in [0.1, 0.15) is 5.82 Å². The van der Waals surface area contributed by atoms with Gasteiger partial charge in [-0.15, -0.1) is 11.3 Å². The second-order valence-electron chi connectivity index (χ2n) is 4.67. The molecule has 1 amide bonds. The van der Waals surface area contributed by atoms with E-state index in [-0.39, 0.29) is 5.82 Å². The van der Waals surface area contributed by atoms with Gasteiger partial charge in [-0.3, -0.25) is 9.59 Å². The van der Waals surface area contributed by atoms with E-state index < -0.39 is 17.6 Å². The first kappa shape index (κ1) is 15.9. The largest absolute Gasteiger partial charge is 0.358 e. The van der Waals surface area contributed by atoms with Crippen LogP contribution in [-0.2, 0) is 4.79 Å². The molecule has 1 unspecified atom stereocenters. The standard InChI is InChI=1S/C16H13FN2O2S/c1-9-7-13(14(20)12(8-18)16(21)19-2)22-15(9)10-3-5-11(17)6-4-10/h3-7,12H,1-2H3,(H,19,21). The number of nitrogens with one attached hydrogen (secondary N) is 1. The maximum Gasteiger partial charge on any atom is 0.245 e. The third-order valence-corrected chi connectivity index (χ3v) is 4.47. The molecule has 2 rings (SSSR count). The normalized spacial score (nSPS) is 11.5. The monoisotopic (exact) mass is 316 g/mol. The van der Waals surface area contributed by atoms with Crippen LogP contribution in [-0.4, -0.2) is 18.7 Å². The summed E-state index contributed by atoms with van der Waals surface area (Å²) in [6, 6.07) is 9.32. The van der Waals surface area contributed by atoms with E-state index >= 15 is 0 Å². The van der Waals surface area contributed by atoms with Gasteiger partial charge in [-0.2, -0.15) is 5.26 Å². The molecule has 1 heterocycles. The lowest BCUT2D eigenvalue weighted by Crippen LogP contribution is -2.31. The van der Waals surface area contributed by atoms with Gasteiger partial charge >= 0.3 is 0 Å². The molecule has 0 spiro atoms. The number of rotatable bonds is 4. The predicted octanol–water partition coefficient (Wildman–Crippen LogP) is 2.93. The van der Waals surface area contributed by atoms with Crippen LogP contribution in [0.25, 0.3) is 10.4 Å². The number of thiophene rings is 1. The summed E-state index contributed by atoms with van der Waals surface area (Å²) in [7, 11) is 1.38. The van der Waals surface area contributed by atoms with E-state index in [1.54, 1.807) is 24.3 Å². The number of Topliss-reactive ketones (excluding diaryl/α,β-unsaturated/α-hetero) is 1. The van der Waals surface area contributed by atoms with Gasteiger partial charge in [0.25, 0.3) is 0 Å². The van der Waals surface area contributed by atoms with Gasteiger partial charge in [0.2, 0.25) is 5.91 Å². The Morgan fingerprint density at radius 1 is 1.32 bits per heavy atom. The molecule has 1 aromatic heterocycles. The quantitative estimate of drug-likeness (QED) is 0.696. The Labute approximate surface area is 131 Å². The Kier molecular flexibility index (Phi) is 4.68. The van der Waals surface area contributed by atoms with Crippen molar-refractivity contribution in [2.24, 2.45) is 5.92 Å². The lowest BCUT2D eigenvalue weighted by atomic mass is 10.0. The van der Waals surface area contributed by atoms with Crippen molar-refractivity contribution in [2.45, 2.75) is 6.92 Å². The van der Waals surface area contributed by atoms with Crippen molar-refractivity contribution in [1.29, 1.82) is 5.26 Å². The van der Waals surface area contributed by atoms with Gasteiger partial charge in [0.15, 0.2) is 11.7 Å². The first-order valence-corrected chi connectivity index (χ1v) is 7.31. The van der Waals surface area contributed by atoms with Crippen LogP contribution in [0.4, 0.5) is 4.39 Å². The Morgan fingerprint density at radius 2 is 1.95 bits per heavy atom. The zero-order valence-corrected chi connectivity index (χ0v) is 12.8. The van der Waals surface area contributed by atoms with E-state index in [4.69, 9.17) is 5.26 Å². The number of benzene rings is 1. The summed E-state index contributed by atoms with van der Waals surface area (Å²) >= 11 is 1.20. The lowest BCUT2D eigenvalue weighted by molar-refractivity contribution is -0.121. The van der Waals surface area contributed by atoms with Crippen molar-refractivity contribution < 1.29 is 14.0 Å². The van der Waals surface area contributed by atoms with Gasteiger partial charge in [-0.1, -0.05) is 12.1 Å². The van der Waals surface area contributed by atoms with Crippen LogP contribution in [0.2, 0.25) is 0 Å². The molecule has 1 N–H and O–H groups in total. The molecule has 6 heteroatoms. The van der Waals surface area contributed by atoms with Crippen LogP contribution in [0.5, 0.6) is 0 Å². The highest BCUT2D eigenvalue weighted by Gasteiger charge is 2.28. The minimum Gasteiger partial charge on any atom is -0.358 e. The van der Waals surface area contributed by atoms with Crippen molar-refractivity contribution >= 4 is 23.0 Å². The molecule has 0 saturated heterocycles. The van der Waals surface area contributed by atoms with Crippen molar-refractivity contribution in [2.75, 3.05) is 7.05 Å². The molecule has 0 fully saturated rings. The fraction of sp³-hybridized carbons (Fsp3) is 0.188. The molecule has 0 aliphatic heterocycles. The number of aryl methyl sites for hydroxylation is 1. The summed E-state index contributed by atoms with van der Waals surface area (Å²) < 4.78 is 13.0. The Balaban J connectivity index is 2.37. The van der Waals surface area contributed by atoms with Crippen molar-refractivity contribution in [3.8, 4) is 16.5 Å². The van der Waals surface area contributed by atoms with Gasteiger partial charge in [-0.25, -0.2) is 4.39 Å². The Hall–Kier alpha value is -2.52. The van der Waals surface area contributed by atoms with Crippen molar-refractivity contribution in [3.63, 3.8) is 0 Å². The van der Waals surface area contributed by atoms with Crippen LogP contribution >= 0.6 is 11.3 Å². The Morgan fingerprint density at radius 3 is 2.50 bits per heavy atom. The maximum absolute atomic E-state index is 13.0. The number of hydrogen-bond donors (Lipinski definition) is 1. The van der Waals surface area contributed by atoms with Crippen molar-refractivity contribution in [3.05, 3.63) is 46.6 Å². The molecule has 0 aliphatic carbocycles. The zero-order valence-electron chi connectivity index (χ0n) is 12.0. The van der Waals surface area contributed by atoms with Crippen molar-refractivity contribution in [1.82, 2.24) is 5.32 Å². The summed E-state index contributed by atoms with van der Waals surface area (Å²) in [5.74, 6) is -2.84. The Bertz CT molecular complexity index is 759. The lowest BCUT2D eigenvalue weighted by Gasteiger charge is -2.04. The number of nitrogens with zero attached hydrogens (tertiary/aromatic N) is 1. The summed E-state index contributed by atoms with van der Waals surface area (Å²) in [5.41, 5.74) is 1.63. The summed E-state index contributed by atoms with van der Waals surface area (Å²) in [6.45, 7) is 1.83. The van der Waals surface area contributed by atoms with Crippen LogP contribution < -0.4 is 5.32 Å². The third kappa shape index (κ3) is 3.05. The number of halogens is 1. The van der Waals surface area contributed by atoms with Crippen LogP contribution in [0, 0.1) is 30.0 Å². The van der Waals surface area contributed by atoms with Gasteiger partial charge in [0.05, 0.1) is 10.9 Å². The molecule has 1 atom stereocenters.